The lowest BCUT2D eigenvalue weighted by Gasteiger charge is -2.32. The number of hydrogen-bond donors (Lipinski definition) is 0. The SMILES string of the molecule is CCOCCOC1CCN(C(=O)c2ccc(OC)cc2)CC1. The summed E-state index contributed by atoms with van der Waals surface area (Å²) >= 11 is 0. The third-order valence-corrected chi connectivity index (χ3v) is 3.85. The first kappa shape index (κ1) is 16.8. The molecule has 1 heterocycles. The molecular formula is C17H25NO4. The number of carbonyl (C=O) groups is 1. The van der Waals surface area contributed by atoms with Gasteiger partial charge in [-0.2, -0.15) is 0 Å². The Morgan fingerprint density at radius 2 is 1.86 bits per heavy atom. The molecule has 5 heteroatoms. The number of carbonyl (C=O) groups excluding carboxylic acids is 1. The highest BCUT2D eigenvalue weighted by Crippen LogP contribution is 2.18. The Labute approximate surface area is 132 Å². The van der Waals surface area contributed by atoms with E-state index in [2.05, 4.69) is 0 Å². The number of benzene rings is 1. The molecule has 5 nitrogen and oxygen atoms in total. The normalized spacial score (nSPS) is 15.8. The van der Waals surface area contributed by atoms with E-state index in [0.29, 0.717) is 18.8 Å². The van der Waals surface area contributed by atoms with Crippen LogP contribution in [0.25, 0.3) is 0 Å². The van der Waals surface area contributed by atoms with Crippen molar-refractivity contribution in [3.63, 3.8) is 0 Å². The molecule has 0 saturated carbocycles. The number of nitrogens with zero attached hydrogens (tertiary/aromatic N) is 1. The van der Waals surface area contributed by atoms with Gasteiger partial charge in [-0.3, -0.25) is 4.79 Å². The first-order chi connectivity index (χ1) is 10.7. The fraction of sp³-hybridized carbons (Fsp3) is 0.588. The first-order valence-electron chi connectivity index (χ1n) is 7.87. The quantitative estimate of drug-likeness (QED) is 0.726. The average Bonchev–Trinajstić information content (AvgIpc) is 2.59. The zero-order valence-electron chi connectivity index (χ0n) is 13.4. The maximum absolute atomic E-state index is 12.4. The molecule has 0 unspecified atom stereocenters. The maximum atomic E-state index is 12.4. The van der Waals surface area contributed by atoms with E-state index in [-0.39, 0.29) is 12.0 Å². The number of likely N-dealkylation sites (tertiary alicyclic amines) is 1. The van der Waals surface area contributed by atoms with Gasteiger partial charge in [0, 0.05) is 25.3 Å². The standard InChI is InChI=1S/C17H25NO4/c1-3-21-12-13-22-16-8-10-18(11-9-16)17(19)14-4-6-15(20-2)7-5-14/h4-7,16H,3,8-13H2,1-2H3. The molecule has 1 fully saturated rings. The monoisotopic (exact) mass is 307 g/mol. The van der Waals surface area contributed by atoms with Gasteiger partial charge in [0.1, 0.15) is 5.75 Å². The number of methoxy groups -OCH3 is 1. The predicted molar refractivity (Wildman–Crippen MR) is 84.4 cm³/mol. The summed E-state index contributed by atoms with van der Waals surface area (Å²) in [5.41, 5.74) is 0.705. The molecule has 0 aromatic heterocycles. The highest BCUT2D eigenvalue weighted by atomic mass is 16.5. The van der Waals surface area contributed by atoms with Crippen LogP contribution in [0.2, 0.25) is 0 Å². The van der Waals surface area contributed by atoms with Crippen molar-refractivity contribution in [2.45, 2.75) is 25.9 Å². The highest BCUT2D eigenvalue weighted by Gasteiger charge is 2.23. The van der Waals surface area contributed by atoms with Crippen LogP contribution in [0.15, 0.2) is 24.3 Å². The van der Waals surface area contributed by atoms with E-state index in [1.54, 1.807) is 7.11 Å². The maximum Gasteiger partial charge on any atom is 0.253 e. The number of piperidine rings is 1. The summed E-state index contributed by atoms with van der Waals surface area (Å²) in [7, 11) is 1.62. The van der Waals surface area contributed by atoms with Crippen molar-refractivity contribution >= 4 is 5.91 Å². The van der Waals surface area contributed by atoms with Gasteiger partial charge >= 0.3 is 0 Å². The van der Waals surface area contributed by atoms with Crippen LogP contribution in [0.5, 0.6) is 5.75 Å². The number of amides is 1. The molecule has 0 bridgehead atoms. The molecule has 122 valence electrons. The van der Waals surface area contributed by atoms with Gasteiger partial charge in [0.15, 0.2) is 0 Å². The minimum absolute atomic E-state index is 0.0791. The van der Waals surface area contributed by atoms with Gasteiger partial charge in [-0.15, -0.1) is 0 Å². The molecule has 0 radical (unpaired) electrons. The van der Waals surface area contributed by atoms with Gasteiger partial charge < -0.3 is 19.1 Å². The first-order valence-corrected chi connectivity index (χ1v) is 7.87. The van der Waals surface area contributed by atoms with Gasteiger partial charge in [-0.25, -0.2) is 0 Å². The van der Waals surface area contributed by atoms with E-state index < -0.39 is 0 Å². The second-order valence-corrected chi connectivity index (χ2v) is 5.29. The molecule has 1 aromatic rings. The Kier molecular flexibility index (Phi) is 6.68. The number of ether oxygens (including phenoxy) is 3. The van der Waals surface area contributed by atoms with Crippen LogP contribution < -0.4 is 4.74 Å². The summed E-state index contributed by atoms with van der Waals surface area (Å²) in [6, 6.07) is 7.26. The Balaban J connectivity index is 1.76. The van der Waals surface area contributed by atoms with Crippen LogP contribution in [0.1, 0.15) is 30.1 Å². The van der Waals surface area contributed by atoms with E-state index in [1.165, 1.54) is 0 Å². The second kappa shape index (κ2) is 8.76. The van der Waals surface area contributed by atoms with Gasteiger partial charge in [0.05, 0.1) is 26.4 Å². The molecule has 22 heavy (non-hydrogen) atoms. The number of rotatable bonds is 7. The Morgan fingerprint density at radius 1 is 1.18 bits per heavy atom. The van der Waals surface area contributed by atoms with Crippen LogP contribution in [0.4, 0.5) is 0 Å². The lowest BCUT2D eigenvalue weighted by Crippen LogP contribution is -2.41. The van der Waals surface area contributed by atoms with E-state index in [0.717, 1.165) is 38.3 Å². The van der Waals surface area contributed by atoms with Crippen molar-refractivity contribution in [2.24, 2.45) is 0 Å². The van der Waals surface area contributed by atoms with Crippen LogP contribution in [-0.4, -0.2) is 56.9 Å². The summed E-state index contributed by atoms with van der Waals surface area (Å²) < 4.78 is 16.1. The fourth-order valence-electron chi connectivity index (χ4n) is 2.56. The van der Waals surface area contributed by atoms with Crippen LogP contribution in [0, 0.1) is 0 Å². The van der Waals surface area contributed by atoms with Crippen LogP contribution >= 0.6 is 0 Å². The predicted octanol–water partition coefficient (Wildman–Crippen LogP) is 2.35. The molecule has 0 N–H and O–H groups in total. The molecule has 1 aliphatic rings. The van der Waals surface area contributed by atoms with Crippen molar-refractivity contribution in [3.05, 3.63) is 29.8 Å². The van der Waals surface area contributed by atoms with E-state index in [9.17, 15) is 4.79 Å². The summed E-state index contributed by atoms with van der Waals surface area (Å²) in [4.78, 5) is 14.3. The molecule has 1 aliphatic heterocycles. The number of hydrogen-bond acceptors (Lipinski definition) is 4. The largest absolute Gasteiger partial charge is 0.497 e. The van der Waals surface area contributed by atoms with Gasteiger partial charge in [-0.05, 0) is 44.0 Å². The minimum atomic E-state index is 0.0791. The third-order valence-electron chi connectivity index (χ3n) is 3.85. The van der Waals surface area contributed by atoms with Crippen LogP contribution in [-0.2, 0) is 9.47 Å². The lowest BCUT2D eigenvalue weighted by molar-refractivity contribution is -0.0182. The Bertz CT molecular complexity index is 452. The molecular weight excluding hydrogens is 282 g/mol. The molecule has 0 atom stereocenters. The lowest BCUT2D eigenvalue weighted by atomic mass is 10.1. The average molecular weight is 307 g/mol. The van der Waals surface area contributed by atoms with Crippen molar-refractivity contribution in [3.8, 4) is 5.75 Å². The molecule has 1 amide bonds. The van der Waals surface area contributed by atoms with Crippen molar-refractivity contribution in [1.29, 1.82) is 0 Å². The van der Waals surface area contributed by atoms with Gasteiger partial charge in [0.25, 0.3) is 5.91 Å². The van der Waals surface area contributed by atoms with E-state index in [4.69, 9.17) is 14.2 Å². The molecule has 2 rings (SSSR count). The zero-order valence-corrected chi connectivity index (χ0v) is 13.4. The second-order valence-electron chi connectivity index (χ2n) is 5.29. The molecule has 1 aromatic carbocycles. The topological polar surface area (TPSA) is 48.0 Å². The Morgan fingerprint density at radius 3 is 2.45 bits per heavy atom. The van der Waals surface area contributed by atoms with E-state index >= 15 is 0 Å². The molecule has 0 aliphatic carbocycles. The molecule has 1 saturated heterocycles. The Hall–Kier alpha value is -1.59. The van der Waals surface area contributed by atoms with Crippen molar-refractivity contribution in [2.75, 3.05) is 40.0 Å². The smallest absolute Gasteiger partial charge is 0.253 e. The summed E-state index contributed by atoms with van der Waals surface area (Å²) in [5.74, 6) is 0.841. The van der Waals surface area contributed by atoms with Crippen molar-refractivity contribution < 1.29 is 19.0 Å². The summed E-state index contributed by atoms with van der Waals surface area (Å²) in [6.45, 7) is 5.45. The minimum Gasteiger partial charge on any atom is -0.497 e. The molecule has 0 spiro atoms. The zero-order chi connectivity index (χ0) is 15.8. The third kappa shape index (κ3) is 4.71. The van der Waals surface area contributed by atoms with Gasteiger partial charge in [-0.1, -0.05) is 0 Å². The van der Waals surface area contributed by atoms with Crippen LogP contribution in [0.3, 0.4) is 0 Å². The van der Waals surface area contributed by atoms with Gasteiger partial charge in [0.2, 0.25) is 0 Å². The highest BCUT2D eigenvalue weighted by molar-refractivity contribution is 5.94. The van der Waals surface area contributed by atoms with E-state index in [1.807, 2.05) is 36.1 Å². The summed E-state index contributed by atoms with van der Waals surface area (Å²) in [6.07, 6.45) is 2.00. The summed E-state index contributed by atoms with van der Waals surface area (Å²) in [5, 5.41) is 0. The fourth-order valence-corrected chi connectivity index (χ4v) is 2.56. The van der Waals surface area contributed by atoms with Crippen molar-refractivity contribution in [1.82, 2.24) is 4.90 Å².